The van der Waals surface area contributed by atoms with Gasteiger partial charge in [0.05, 0.1) is 42.3 Å². The number of aromatic nitrogens is 4. The Balaban J connectivity index is 1.72. The van der Waals surface area contributed by atoms with Crippen molar-refractivity contribution < 1.29 is 24.2 Å². The molecule has 3 rings (SSSR count). The molecule has 2 aromatic rings. The number of ether oxygens (including phenoxy) is 2. The number of carbonyl (C=O) groups is 2. The SMILES string of the molecule is CCc1nc(-c2nnn(C)c2CNC(=O)OCC(C)(C)C)ccc1O[C@H]1CCC[C@H](C(=O)O)C1. The number of pyridine rings is 1. The van der Waals surface area contributed by atoms with Crippen molar-refractivity contribution >= 4 is 12.1 Å². The lowest BCUT2D eigenvalue weighted by molar-refractivity contribution is -0.143. The zero-order valence-corrected chi connectivity index (χ0v) is 20.6. The number of aryl methyl sites for hydroxylation is 2. The molecule has 10 nitrogen and oxygen atoms in total. The molecule has 2 heterocycles. The fourth-order valence-electron chi connectivity index (χ4n) is 3.90. The lowest BCUT2D eigenvalue weighted by Crippen LogP contribution is -2.29. The van der Waals surface area contributed by atoms with Gasteiger partial charge >= 0.3 is 12.1 Å². The van der Waals surface area contributed by atoms with Gasteiger partial charge in [-0.25, -0.2) is 14.5 Å². The van der Waals surface area contributed by atoms with Crippen molar-refractivity contribution in [2.45, 2.75) is 72.4 Å². The monoisotopic (exact) mass is 473 g/mol. The van der Waals surface area contributed by atoms with Crippen molar-refractivity contribution in [1.29, 1.82) is 0 Å². The van der Waals surface area contributed by atoms with Crippen LogP contribution >= 0.6 is 0 Å². The molecule has 2 aromatic heterocycles. The standard InChI is InChI=1S/C24H35N5O5/c1-6-17-20(34-16-9-7-8-15(12-16)22(30)31)11-10-18(26-17)21-19(29(5)28-27-21)13-25-23(32)33-14-24(2,3)4/h10-11,15-16H,6-9,12-14H2,1-5H3,(H,25,32)(H,30,31)/t15-,16-/m0/s1. The van der Waals surface area contributed by atoms with Crippen molar-refractivity contribution in [1.82, 2.24) is 25.3 Å². The first kappa shape index (κ1) is 25.5. The lowest BCUT2D eigenvalue weighted by Gasteiger charge is -2.28. The van der Waals surface area contributed by atoms with Crippen molar-refractivity contribution in [3.05, 3.63) is 23.5 Å². The second kappa shape index (κ2) is 10.8. The third-order valence-corrected chi connectivity index (χ3v) is 5.76. The number of rotatable bonds is 8. The highest BCUT2D eigenvalue weighted by molar-refractivity contribution is 5.70. The Morgan fingerprint density at radius 3 is 2.71 bits per heavy atom. The average molecular weight is 474 g/mol. The van der Waals surface area contributed by atoms with Crippen LogP contribution in [0.5, 0.6) is 5.75 Å². The van der Waals surface area contributed by atoms with Gasteiger partial charge in [0.15, 0.2) is 0 Å². The fourth-order valence-corrected chi connectivity index (χ4v) is 3.90. The molecule has 10 heteroatoms. The quantitative estimate of drug-likeness (QED) is 0.593. The molecule has 186 valence electrons. The van der Waals surface area contributed by atoms with Gasteiger partial charge in [-0.3, -0.25) is 4.79 Å². The summed E-state index contributed by atoms with van der Waals surface area (Å²) in [5.74, 6) is -0.457. The molecule has 1 fully saturated rings. The van der Waals surface area contributed by atoms with Crippen LogP contribution in [0, 0.1) is 11.3 Å². The topological polar surface area (TPSA) is 128 Å². The lowest BCUT2D eigenvalue weighted by atomic mass is 9.87. The Morgan fingerprint density at radius 1 is 1.26 bits per heavy atom. The highest BCUT2D eigenvalue weighted by Crippen LogP contribution is 2.31. The molecular weight excluding hydrogens is 438 g/mol. The number of hydrogen-bond acceptors (Lipinski definition) is 7. The molecule has 0 spiro atoms. The van der Waals surface area contributed by atoms with Crippen molar-refractivity contribution in [2.75, 3.05) is 6.61 Å². The molecule has 1 aliphatic rings. The number of carbonyl (C=O) groups excluding carboxylic acids is 1. The van der Waals surface area contributed by atoms with Crippen LogP contribution in [0.3, 0.4) is 0 Å². The Kier molecular flexibility index (Phi) is 8.11. The van der Waals surface area contributed by atoms with E-state index in [-0.39, 0.29) is 24.0 Å². The van der Waals surface area contributed by atoms with Gasteiger partial charge in [-0.1, -0.05) is 32.9 Å². The first-order valence-corrected chi connectivity index (χ1v) is 11.8. The minimum absolute atomic E-state index is 0.118. The molecule has 2 atom stereocenters. The Hall–Kier alpha value is -3.17. The number of nitrogens with one attached hydrogen (secondary N) is 1. The van der Waals surface area contributed by atoms with E-state index in [4.69, 9.17) is 14.5 Å². The summed E-state index contributed by atoms with van der Waals surface area (Å²) in [7, 11) is 1.76. The van der Waals surface area contributed by atoms with Crippen LogP contribution in [-0.2, 0) is 29.5 Å². The maximum Gasteiger partial charge on any atom is 0.407 e. The summed E-state index contributed by atoms with van der Waals surface area (Å²) in [4.78, 5) is 28.2. The average Bonchev–Trinajstić information content (AvgIpc) is 3.16. The van der Waals surface area contributed by atoms with Gasteiger partial charge in [-0.15, -0.1) is 5.10 Å². The number of nitrogens with zero attached hydrogens (tertiary/aromatic N) is 4. The van der Waals surface area contributed by atoms with Crippen LogP contribution in [0.1, 0.15) is 64.8 Å². The molecule has 1 saturated carbocycles. The van der Waals surface area contributed by atoms with E-state index in [0.717, 1.165) is 18.5 Å². The first-order valence-electron chi connectivity index (χ1n) is 11.8. The molecule has 0 unspecified atom stereocenters. The number of amides is 1. The predicted molar refractivity (Wildman–Crippen MR) is 125 cm³/mol. The number of aliphatic carboxylic acids is 1. The summed E-state index contributed by atoms with van der Waals surface area (Å²) in [6.45, 7) is 8.48. The molecule has 2 N–H and O–H groups in total. The Bertz CT molecular complexity index is 1010. The summed E-state index contributed by atoms with van der Waals surface area (Å²) in [5, 5.41) is 20.4. The molecule has 0 radical (unpaired) electrons. The van der Waals surface area contributed by atoms with E-state index in [1.807, 2.05) is 39.8 Å². The van der Waals surface area contributed by atoms with Gasteiger partial charge in [-0.05, 0) is 49.7 Å². The normalized spacial score (nSPS) is 18.4. The molecule has 0 aromatic carbocycles. The summed E-state index contributed by atoms with van der Waals surface area (Å²) in [6.07, 6.45) is 2.88. The van der Waals surface area contributed by atoms with Crippen molar-refractivity contribution in [3.63, 3.8) is 0 Å². The Labute approximate surface area is 200 Å². The van der Waals surface area contributed by atoms with E-state index in [2.05, 4.69) is 15.6 Å². The maximum absolute atomic E-state index is 12.1. The zero-order chi connectivity index (χ0) is 24.9. The van der Waals surface area contributed by atoms with Gasteiger partial charge in [0, 0.05) is 7.05 Å². The van der Waals surface area contributed by atoms with Crippen LogP contribution in [0.25, 0.3) is 11.4 Å². The number of alkyl carbamates (subject to hydrolysis) is 1. The third-order valence-electron chi connectivity index (χ3n) is 5.76. The van der Waals surface area contributed by atoms with E-state index in [9.17, 15) is 14.7 Å². The summed E-state index contributed by atoms with van der Waals surface area (Å²) in [6, 6.07) is 3.67. The van der Waals surface area contributed by atoms with Gasteiger partial charge in [0.2, 0.25) is 0 Å². The van der Waals surface area contributed by atoms with E-state index in [1.165, 1.54) is 0 Å². The van der Waals surface area contributed by atoms with Gasteiger partial charge < -0.3 is 19.9 Å². The third kappa shape index (κ3) is 6.68. The van der Waals surface area contributed by atoms with E-state index in [0.29, 0.717) is 48.7 Å². The number of carboxylic acid groups (broad SMARTS) is 1. The zero-order valence-electron chi connectivity index (χ0n) is 20.6. The number of carboxylic acids is 1. The molecule has 1 aliphatic carbocycles. The highest BCUT2D eigenvalue weighted by Gasteiger charge is 2.29. The smallest absolute Gasteiger partial charge is 0.407 e. The summed E-state index contributed by atoms with van der Waals surface area (Å²) < 4.78 is 13.0. The molecule has 0 saturated heterocycles. The summed E-state index contributed by atoms with van der Waals surface area (Å²) >= 11 is 0. The van der Waals surface area contributed by atoms with Crippen LogP contribution < -0.4 is 10.1 Å². The van der Waals surface area contributed by atoms with E-state index < -0.39 is 12.1 Å². The van der Waals surface area contributed by atoms with Crippen LogP contribution in [0.2, 0.25) is 0 Å². The van der Waals surface area contributed by atoms with Gasteiger partial charge in [0.25, 0.3) is 0 Å². The predicted octanol–water partition coefficient (Wildman–Crippen LogP) is 3.73. The molecule has 1 amide bonds. The van der Waals surface area contributed by atoms with E-state index in [1.54, 1.807) is 11.7 Å². The van der Waals surface area contributed by atoms with Gasteiger partial charge in [-0.2, -0.15) is 0 Å². The van der Waals surface area contributed by atoms with Gasteiger partial charge in [0.1, 0.15) is 11.4 Å². The molecule has 34 heavy (non-hydrogen) atoms. The highest BCUT2D eigenvalue weighted by atomic mass is 16.5. The molecule has 0 aliphatic heterocycles. The Morgan fingerprint density at radius 2 is 2.03 bits per heavy atom. The minimum atomic E-state index is -0.761. The first-order chi connectivity index (χ1) is 16.1. The van der Waals surface area contributed by atoms with E-state index >= 15 is 0 Å². The minimum Gasteiger partial charge on any atom is -0.488 e. The van der Waals surface area contributed by atoms with Crippen LogP contribution in [0.15, 0.2) is 12.1 Å². The number of hydrogen-bond donors (Lipinski definition) is 2. The fraction of sp³-hybridized carbons (Fsp3) is 0.625. The van der Waals surface area contributed by atoms with Crippen molar-refractivity contribution in [3.8, 4) is 17.1 Å². The molecule has 0 bridgehead atoms. The largest absolute Gasteiger partial charge is 0.488 e. The van der Waals surface area contributed by atoms with Crippen LogP contribution in [0.4, 0.5) is 4.79 Å². The summed E-state index contributed by atoms with van der Waals surface area (Å²) in [5.41, 5.74) is 2.55. The second-order valence-corrected chi connectivity index (χ2v) is 9.94. The van der Waals surface area contributed by atoms with Crippen LogP contribution in [-0.4, -0.2) is 49.9 Å². The second-order valence-electron chi connectivity index (χ2n) is 9.94. The molecular formula is C24H35N5O5. The van der Waals surface area contributed by atoms with Crippen molar-refractivity contribution in [2.24, 2.45) is 18.4 Å². The maximum atomic E-state index is 12.1.